The van der Waals surface area contributed by atoms with Crippen LogP contribution in [-0.4, -0.2) is 4.98 Å². The highest BCUT2D eigenvalue weighted by Crippen LogP contribution is 2.39. The molecular formula is C36H25NO. The van der Waals surface area contributed by atoms with E-state index in [4.69, 9.17) is 4.42 Å². The fourth-order valence-electron chi connectivity index (χ4n) is 5.68. The molecule has 0 unspecified atom stereocenters. The Morgan fingerprint density at radius 1 is 0.500 bits per heavy atom. The van der Waals surface area contributed by atoms with E-state index < -0.39 is 0 Å². The first-order valence-corrected chi connectivity index (χ1v) is 12.8. The highest BCUT2D eigenvalue weighted by atomic mass is 16.3. The van der Waals surface area contributed by atoms with Crippen LogP contribution in [0.3, 0.4) is 0 Å². The number of nitrogens with one attached hydrogen (secondary N) is 1. The zero-order valence-electron chi connectivity index (χ0n) is 20.9. The van der Waals surface area contributed by atoms with Gasteiger partial charge in [0.2, 0.25) is 0 Å². The monoisotopic (exact) mass is 487 g/mol. The number of H-pyrrole nitrogens is 1. The first-order chi connectivity index (χ1) is 18.8. The summed E-state index contributed by atoms with van der Waals surface area (Å²) in [5, 5.41) is 7.32. The summed E-state index contributed by atoms with van der Waals surface area (Å²) in [5.74, 6) is 0. The van der Waals surface area contributed by atoms with E-state index in [-0.39, 0.29) is 0 Å². The number of aromatic nitrogens is 1. The minimum Gasteiger partial charge on any atom is -0.455 e. The van der Waals surface area contributed by atoms with Crippen LogP contribution in [0.5, 0.6) is 0 Å². The third-order valence-electron chi connectivity index (χ3n) is 7.39. The molecule has 0 aliphatic rings. The minimum absolute atomic E-state index is 0.923. The highest BCUT2D eigenvalue weighted by molar-refractivity contribution is 6.15. The van der Waals surface area contributed by atoms with Crippen LogP contribution in [-0.2, 0) is 0 Å². The summed E-state index contributed by atoms with van der Waals surface area (Å²) in [6.45, 7) is 6.00. The van der Waals surface area contributed by atoms with Gasteiger partial charge in [-0.25, -0.2) is 0 Å². The number of benzene rings is 6. The molecule has 6 aromatic carbocycles. The predicted molar refractivity (Wildman–Crippen MR) is 163 cm³/mol. The van der Waals surface area contributed by atoms with Gasteiger partial charge in [0.25, 0.3) is 0 Å². The summed E-state index contributed by atoms with van der Waals surface area (Å²) in [6.07, 6.45) is 0. The van der Waals surface area contributed by atoms with Crippen molar-refractivity contribution in [3.8, 4) is 22.3 Å². The van der Waals surface area contributed by atoms with E-state index in [2.05, 4.69) is 127 Å². The SMILES string of the molecule is C=C.c1cc(-c2cccc3c2[nH]c2cc4ccccc4cc23)cc(-c2cccc3c2oc2ccccc23)c1. The van der Waals surface area contributed by atoms with Gasteiger partial charge in [0.05, 0.1) is 5.52 Å². The van der Waals surface area contributed by atoms with Gasteiger partial charge in [-0.05, 0) is 46.2 Å². The van der Waals surface area contributed by atoms with Gasteiger partial charge >= 0.3 is 0 Å². The molecule has 0 radical (unpaired) electrons. The average Bonchev–Trinajstić information content (AvgIpc) is 3.55. The van der Waals surface area contributed by atoms with Crippen LogP contribution in [0, 0.1) is 0 Å². The van der Waals surface area contributed by atoms with Crippen molar-refractivity contribution in [1.29, 1.82) is 0 Å². The van der Waals surface area contributed by atoms with Crippen molar-refractivity contribution in [1.82, 2.24) is 4.98 Å². The Labute approximate surface area is 220 Å². The van der Waals surface area contributed by atoms with E-state index in [0.29, 0.717) is 0 Å². The zero-order chi connectivity index (χ0) is 25.6. The second kappa shape index (κ2) is 8.79. The molecule has 1 N–H and O–H groups in total. The van der Waals surface area contributed by atoms with Gasteiger partial charge in [-0.1, -0.05) is 97.1 Å². The maximum atomic E-state index is 6.33. The molecule has 0 aliphatic carbocycles. The van der Waals surface area contributed by atoms with Crippen LogP contribution in [0.2, 0.25) is 0 Å². The molecule has 2 heterocycles. The Morgan fingerprint density at radius 2 is 1.13 bits per heavy atom. The third kappa shape index (κ3) is 3.35. The molecule has 2 heteroatoms. The molecule has 0 bridgehead atoms. The summed E-state index contributed by atoms with van der Waals surface area (Å²) >= 11 is 0. The molecule has 0 fully saturated rings. The Morgan fingerprint density at radius 3 is 1.97 bits per heavy atom. The van der Waals surface area contributed by atoms with Crippen molar-refractivity contribution in [3.63, 3.8) is 0 Å². The molecule has 0 atom stereocenters. The normalized spacial score (nSPS) is 11.4. The molecule has 180 valence electrons. The van der Waals surface area contributed by atoms with Crippen molar-refractivity contribution in [2.75, 3.05) is 0 Å². The molecule has 0 spiro atoms. The lowest BCUT2D eigenvalue weighted by Gasteiger charge is -2.08. The number of fused-ring (bicyclic) bond motifs is 7. The van der Waals surface area contributed by atoms with E-state index >= 15 is 0 Å². The standard InChI is InChI=1S/C34H21NO.C2H4/c1-2-9-22-20-31-30(19-21(22)8-1)28-15-6-13-25(33(28)35-31)23-10-5-11-24(18-23)26-14-7-16-29-27-12-3-4-17-32(27)36-34(26)29;1-2/h1-20,35H;1-2H2. The molecular weight excluding hydrogens is 462 g/mol. The molecule has 0 saturated carbocycles. The van der Waals surface area contributed by atoms with Crippen molar-refractivity contribution >= 4 is 54.5 Å². The van der Waals surface area contributed by atoms with Crippen LogP contribution < -0.4 is 0 Å². The summed E-state index contributed by atoms with van der Waals surface area (Å²) < 4.78 is 6.33. The van der Waals surface area contributed by atoms with E-state index in [1.54, 1.807) is 0 Å². The van der Waals surface area contributed by atoms with E-state index in [0.717, 1.165) is 33.1 Å². The first-order valence-electron chi connectivity index (χ1n) is 12.8. The lowest BCUT2D eigenvalue weighted by molar-refractivity contribution is 0.670. The van der Waals surface area contributed by atoms with Crippen LogP contribution in [0.25, 0.3) is 76.8 Å². The maximum Gasteiger partial charge on any atom is 0.143 e. The van der Waals surface area contributed by atoms with Crippen LogP contribution in [0.4, 0.5) is 0 Å². The van der Waals surface area contributed by atoms with Gasteiger partial charge in [-0.2, -0.15) is 0 Å². The summed E-state index contributed by atoms with van der Waals surface area (Å²) in [7, 11) is 0. The van der Waals surface area contributed by atoms with Crippen molar-refractivity contribution in [2.24, 2.45) is 0 Å². The topological polar surface area (TPSA) is 28.9 Å². The second-order valence-corrected chi connectivity index (χ2v) is 9.46. The summed E-state index contributed by atoms with van der Waals surface area (Å²) in [4.78, 5) is 3.73. The average molecular weight is 488 g/mol. The number of rotatable bonds is 2. The van der Waals surface area contributed by atoms with Crippen LogP contribution in [0.1, 0.15) is 0 Å². The Bertz CT molecular complexity index is 2130. The fourth-order valence-corrected chi connectivity index (χ4v) is 5.68. The highest BCUT2D eigenvalue weighted by Gasteiger charge is 2.14. The number of furan rings is 1. The van der Waals surface area contributed by atoms with Crippen molar-refractivity contribution in [3.05, 3.63) is 134 Å². The molecule has 0 aliphatic heterocycles. The molecule has 38 heavy (non-hydrogen) atoms. The van der Waals surface area contributed by atoms with Crippen LogP contribution in [0.15, 0.2) is 139 Å². The lowest BCUT2D eigenvalue weighted by Crippen LogP contribution is -1.84. The van der Waals surface area contributed by atoms with Crippen molar-refractivity contribution < 1.29 is 4.42 Å². The Balaban J connectivity index is 0.00000118. The van der Waals surface area contributed by atoms with Gasteiger partial charge in [-0.3, -0.25) is 0 Å². The summed E-state index contributed by atoms with van der Waals surface area (Å²) in [6, 6.07) is 43.1. The second-order valence-electron chi connectivity index (χ2n) is 9.46. The molecule has 8 rings (SSSR count). The van der Waals surface area contributed by atoms with E-state index in [1.807, 2.05) is 12.1 Å². The van der Waals surface area contributed by atoms with Crippen LogP contribution >= 0.6 is 0 Å². The van der Waals surface area contributed by atoms with Crippen molar-refractivity contribution in [2.45, 2.75) is 0 Å². The first kappa shape index (κ1) is 22.1. The minimum atomic E-state index is 0.923. The molecule has 8 aromatic rings. The van der Waals surface area contributed by atoms with Gasteiger partial charge < -0.3 is 9.40 Å². The third-order valence-corrected chi connectivity index (χ3v) is 7.39. The molecule has 2 nitrogen and oxygen atoms in total. The van der Waals surface area contributed by atoms with Gasteiger partial charge in [-0.15, -0.1) is 13.2 Å². The maximum absolute atomic E-state index is 6.33. The Kier molecular flexibility index (Phi) is 5.12. The Hall–Kier alpha value is -5.08. The van der Waals surface area contributed by atoms with Gasteiger partial charge in [0.15, 0.2) is 0 Å². The fraction of sp³-hybridized carbons (Fsp3) is 0. The smallest absolute Gasteiger partial charge is 0.143 e. The number of hydrogen-bond acceptors (Lipinski definition) is 1. The number of hydrogen-bond donors (Lipinski definition) is 1. The lowest BCUT2D eigenvalue weighted by atomic mass is 9.96. The van der Waals surface area contributed by atoms with Gasteiger partial charge in [0.1, 0.15) is 11.2 Å². The van der Waals surface area contributed by atoms with E-state index in [9.17, 15) is 0 Å². The number of aromatic amines is 1. The van der Waals surface area contributed by atoms with Gasteiger partial charge in [0, 0.05) is 38.2 Å². The van der Waals surface area contributed by atoms with E-state index in [1.165, 1.54) is 43.7 Å². The molecule has 0 saturated heterocycles. The summed E-state index contributed by atoms with van der Waals surface area (Å²) in [5.41, 5.74) is 8.84. The predicted octanol–water partition coefficient (Wildman–Crippen LogP) is 10.5. The molecule has 0 amide bonds. The largest absolute Gasteiger partial charge is 0.455 e. The molecule has 2 aromatic heterocycles. The quantitative estimate of drug-likeness (QED) is 0.241. The number of para-hydroxylation sites is 3. The zero-order valence-corrected chi connectivity index (χ0v) is 20.9.